The largest absolute Gasteiger partial charge is 0.506 e. The van der Waals surface area contributed by atoms with E-state index in [0.29, 0.717) is 0 Å². The standard InChI is InChI=1S/C23H28O13.C19H24O9/c1-12(18(24)31-11-17-9-7-6-8-10-17)32-19(25)13(2)33-20(26)14(3)34-21(27)15(4)35-22(28)16(5)36-23(29)30;1-11(20)16(21)26-13(3)18(23)28-14(4)19(24)27-12(2)17(22)25-10-15-8-6-5-7-9-15/h6-10,12-16H,11H2,1-5H3,(H,29,30);5-9,11-14,20H,10H2,1-4H3/t12-,13-,14-,15-,16-;11-,12-,13-,14-/m00/s1. The van der Waals surface area contributed by atoms with Gasteiger partial charge in [-0.1, -0.05) is 60.7 Å². The zero-order valence-corrected chi connectivity index (χ0v) is 36.4. The van der Waals surface area contributed by atoms with Crippen LogP contribution in [0.5, 0.6) is 0 Å². The fourth-order valence-electron chi connectivity index (χ4n) is 4.12. The quantitative estimate of drug-likeness (QED) is 0.134. The predicted molar refractivity (Wildman–Crippen MR) is 212 cm³/mol. The lowest BCUT2D eigenvalue weighted by molar-refractivity contribution is -0.186. The van der Waals surface area contributed by atoms with Crippen molar-refractivity contribution < 1.29 is 106 Å². The number of carbonyl (C=O) groups is 10. The highest BCUT2D eigenvalue weighted by Crippen LogP contribution is 2.10. The molecule has 0 fully saturated rings. The molecule has 0 aliphatic rings. The van der Waals surface area contributed by atoms with Crippen molar-refractivity contribution in [2.45, 2.75) is 130 Å². The van der Waals surface area contributed by atoms with Crippen LogP contribution in [0.4, 0.5) is 4.79 Å². The highest BCUT2D eigenvalue weighted by Gasteiger charge is 2.32. The van der Waals surface area contributed by atoms with Gasteiger partial charge < -0.3 is 57.6 Å². The summed E-state index contributed by atoms with van der Waals surface area (Å²) >= 11 is 0. The number of aliphatic hydroxyl groups is 1. The van der Waals surface area contributed by atoms with Crippen molar-refractivity contribution in [1.29, 1.82) is 0 Å². The van der Waals surface area contributed by atoms with Gasteiger partial charge in [0.05, 0.1) is 0 Å². The maximum Gasteiger partial charge on any atom is 0.506 e. The molecule has 22 nitrogen and oxygen atoms in total. The second kappa shape index (κ2) is 27.8. The average molecular weight is 909 g/mol. The number of carbonyl (C=O) groups excluding carboxylic acids is 9. The molecule has 2 aromatic carbocycles. The number of benzene rings is 2. The van der Waals surface area contributed by atoms with Crippen LogP contribution in [0.1, 0.15) is 73.4 Å². The zero-order chi connectivity index (χ0) is 48.7. The van der Waals surface area contributed by atoms with Gasteiger partial charge in [-0.3, -0.25) is 0 Å². The molecule has 0 saturated carbocycles. The number of ether oxygens (including phenoxy) is 10. The Morgan fingerprint density at radius 3 is 0.812 bits per heavy atom. The van der Waals surface area contributed by atoms with Gasteiger partial charge in [-0.2, -0.15) is 0 Å². The molecule has 0 saturated heterocycles. The van der Waals surface area contributed by atoms with Crippen molar-refractivity contribution >= 4 is 59.9 Å². The molecule has 64 heavy (non-hydrogen) atoms. The third-order valence-corrected chi connectivity index (χ3v) is 7.77. The molecule has 0 amide bonds. The van der Waals surface area contributed by atoms with Gasteiger partial charge in [0.15, 0.2) is 48.8 Å². The van der Waals surface area contributed by atoms with Crippen molar-refractivity contribution in [2.24, 2.45) is 0 Å². The molecular weight excluding hydrogens is 856 g/mol. The number of aliphatic hydroxyl groups excluding tert-OH is 1. The van der Waals surface area contributed by atoms with E-state index in [9.17, 15) is 47.9 Å². The maximum absolute atomic E-state index is 12.2. The van der Waals surface area contributed by atoms with Gasteiger partial charge in [-0.25, -0.2) is 47.9 Å². The van der Waals surface area contributed by atoms with Crippen molar-refractivity contribution in [2.75, 3.05) is 0 Å². The second-order valence-electron chi connectivity index (χ2n) is 13.4. The van der Waals surface area contributed by atoms with Crippen molar-refractivity contribution in [3.05, 3.63) is 71.8 Å². The smallest absolute Gasteiger partial charge is 0.458 e. The monoisotopic (exact) mass is 908 g/mol. The SMILES string of the molecule is C[C@H](O)C(=O)O[C@@H](C)C(=O)O[C@@H](C)C(=O)O[C@@H](C)C(=O)OCc1ccccc1.C[C@H](OC(=O)O)C(=O)O[C@@H](C)C(=O)O[C@@H](C)C(=O)O[C@@H](C)C(=O)O[C@@H](C)C(=O)OCc1ccccc1. The van der Waals surface area contributed by atoms with Gasteiger partial charge in [-0.15, -0.1) is 0 Å². The lowest BCUT2D eigenvalue weighted by Crippen LogP contribution is -2.38. The summed E-state index contributed by atoms with van der Waals surface area (Å²) in [5.41, 5.74) is 1.51. The van der Waals surface area contributed by atoms with E-state index in [-0.39, 0.29) is 13.2 Å². The van der Waals surface area contributed by atoms with E-state index >= 15 is 0 Å². The summed E-state index contributed by atoms with van der Waals surface area (Å²) in [5, 5.41) is 17.5. The van der Waals surface area contributed by atoms with Crippen LogP contribution in [0.3, 0.4) is 0 Å². The molecular formula is C42H52O22. The first-order chi connectivity index (χ1) is 29.9. The van der Waals surface area contributed by atoms with Crippen LogP contribution in [0.15, 0.2) is 60.7 Å². The van der Waals surface area contributed by atoms with Gasteiger partial charge in [0, 0.05) is 0 Å². The molecule has 0 aliphatic heterocycles. The van der Waals surface area contributed by atoms with Gasteiger partial charge in [0.1, 0.15) is 19.3 Å². The predicted octanol–water partition coefficient (Wildman–Crippen LogP) is 2.45. The number of carboxylic acid groups (broad SMARTS) is 1. The van der Waals surface area contributed by atoms with Crippen molar-refractivity contribution in [1.82, 2.24) is 0 Å². The molecule has 22 heteroatoms. The zero-order valence-electron chi connectivity index (χ0n) is 36.4. The first-order valence-corrected chi connectivity index (χ1v) is 19.3. The minimum atomic E-state index is -1.71. The molecule has 2 aromatic rings. The summed E-state index contributed by atoms with van der Waals surface area (Å²) in [4.78, 5) is 117. The van der Waals surface area contributed by atoms with Gasteiger partial charge in [0.25, 0.3) is 0 Å². The number of hydrogen-bond donors (Lipinski definition) is 2. The van der Waals surface area contributed by atoms with Crippen LogP contribution >= 0.6 is 0 Å². The fraction of sp³-hybridized carbons (Fsp3) is 0.476. The minimum Gasteiger partial charge on any atom is -0.458 e. The minimum absolute atomic E-state index is 0.0196. The highest BCUT2D eigenvalue weighted by atomic mass is 16.7. The molecule has 0 aromatic heterocycles. The maximum atomic E-state index is 12.2. The third kappa shape index (κ3) is 21.1. The molecule has 0 spiro atoms. The molecule has 0 bridgehead atoms. The summed E-state index contributed by atoms with van der Waals surface area (Å²) in [5.74, 6) is -8.98. The summed E-state index contributed by atoms with van der Waals surface area (Å²) in [7, 11) is 0. The molecule has 9 atom stereocenters. The summed E-state index contributed by atoms with van der Waals surface area (Å²) in [6, 6.07) is 17.8. The highest BCUT2D eigenvalue weighted by molar-refractivity contribution is 5.87. The molecule has 2 rings (SSSR count). The van der Waals surface area contributed by atoms with Crippen LogP contribution in [-0.2, 0) is 104 Å². The Morgan fingerprint density at radius 1 is 0.359 bits per heavy atom. The number of rotatable bonds is 21. The van der Waals surface area contributed by atoms with Gasteiger partial charge in [0.2, 0.25) is 0 Å². The van der Waals surface area contributed by atoms with Gasteiger partial charge in [-0.05, 0) is 73.4 Å². The van der Waals surface area contributed by atoms with Crippen molar-refractivity contribution in [3.63, 3.8) is 0 Å². The van der Waals surface area contributed by atoms with Crippen molar-refractivity contribution in [3.8, 4) is 0 Å². The molecule has 0 heterocycles. The van der Waals surface area contributed by atoms with Crippen LogP contribution in [0.25, 0.3) is 0 Å². The average Bonchev–Trinajstić information content (AvgIpc) is 3.24. The third-order valence-electron chi connectivity index (χ3n) is 7.77. The molecule has 0 unspecified atom stereocenters. The number of esters is 9. The first kappa shape index (κ1) is 54.9. The Hall–Kier alpha value is -7.10. The summed E-state index contributed by atoms with van der Waals surface area (Å²) < 4.78 is 48.1. The lowest BCUT2D eigenvalue weighted by atomic mass is 10.2. The topological polar surface area (TPSA) is 303 Å². The van der Waals surface area contributed by atoms with Crippen LogP contribution in [0.2, 0.25) is 0 Å². The van der Waals surface area contributed by atoms with E-state index in [1.165, 1.54) is 41.5 Å². The molecule has 352 valence electrons. The molecule has 0 radical (unpaired) electrons. The van der Waals surface area contributed by atoms with E-state index in [1.54, 1.807) is 54.6 Å². The molecule has 2 N–H and O–H groups in total. The summed E-state index contributed by atoms with van der Waals surface area (Å²) in [6.07, 6.45) is -14.2. The Labute approximate surface area is 367 Å². The Balaban J connectivity index is 0.000000660. The van der Waals surface area contributed by atoms with Crippen LogP contribution in [-0.4, -0.2) is 125 Å². The normalized spacial score (nSPS) is 14.7. The van der Waals surface area contributed by atoms with Crippen LogP contribution in [0, 0.1) is 0 Å². The van der Waals surface area contributed by atoms with E-state index in [1.807, 2.05) is 6.07 Å². The summed E-state index contributed by atoms with van der Waals surface area (Å²) in [6.45, 7) is 10.8. The number of hydrogen-bond acceptors (Lipinski definition) is 21. The Morgan fingerprint density at radius 2 is 0.578 bits per heavy atom. The van der Waals surface area contributed by atoms with E-state index in [4.69, 9.17) is 48.1 Å². The second-order valence-corrected chi connectivity index (χ2v) is 13.4. The van der Waals surface area contributed by atoms with Gasteiger partial charge >= 0.3 is 59.9 Å². The van der Waals surface area contributed by atoms with E-state index in [2.05, 4.69) is 9.47 Å². The lowest BCUT2D eigenvalue weighted by Gasteiger charge is -2.20. The van der Waals surface area contributed by atoms with E-state index < -0.39 is 115 Å². The fourth-order valence-corrected chi connectivity index (χ4v) is 4.12. The Bertz CT molecular complexity index is 1900. The first-order valence-electron chi connectivity index (χ1n) is 19.3. The van der Waals surface area contributed by atoms with E-state index in [0.717, 1.165) is 31.9 Å². The Kier molecular flexibility index (Phi) is 23.8. The molecule has 0 aliphatic carbocycles. The van der Waals surface area contributed by atoms with Crippen LogP contribution < -0.4 is 0 Å².